The first-order valence-corrected chi connectivity index (χ1v) is 11.4. The summed E-state index contributed by atoms with van der Waals surface area (Å²) in [6.07, 6.45) is 1.68. The molecule has 0 spiro atoms. The van der Waals surface area contributed by atoms with Gasteiger partial charge in [0.05, 0.1) is 23.2 Å². The van der Waals surface area contributed by atoms with Crippen LogP contribution < -0.4 is 0 Å². The Hall–Kier alpha value is -3.03. The van der Waals surface area contributed by atoms with Gasteiger partial charge in [0.15, 0.2) is 0 Å². The van der Waals surface area contributed by atoms with E-state index in [0.29, 0.717) is 5.69 Å². The maximum absolute atomic E-state index is 13.1. The molecule has 0 aliphatic carbocycles. The normalized spacial score (nSPS) is 12.5. The average molecular weight is 438 g/mol. The number of pyridine rings is 1. The molecular weight excluding hydrogens is 410 g/mol. The fourth-order valence-electron chi connectivity index (χ4n) is 3.35. The standard InChI is InChI=1S/C24H27N3O3S/c1-18-13-14-21(16-19(18)2)31(29,30)26(3)17-23(28)27(4)24(20-10-6-5-7-11-20)22-12-8-9-15-25-22/h5-16,24H,17H2,1-4H3. The first-order chi connectivity index (χ1) is 14.7. The monoisotopic (exact) mass is 437 g/mol. The van der Waals surface area contributed by atoms with E-state index in [1.807, 2.05) is 62.4 Å². The lowest BCUT2D eigenvalue weighted by atomic mass is 10.0. The number of aromatic nitrogens is 1. The van der Waals surface area contributed by atoms with Gasteiger partial charge < -0.3 is 4.90 Å². The summed E-state index contributed by atoms with van der Waals surface area (Å²) in [7, 11) is -0.695. The number of rotatable bonds is 7. The molecule has 31 heavy (non-hydrogen) atoms. The Balaban J connectivity index is 1.85. The highest BCUT2D eigenvalue weighted by Gasteiger charge is 2.29. The van der Waals surface area contributed by atoms with Crippen LogP contribution >= 0.6 is 0 Å². The molecule has 0 N–H and O–H groups in total. The van der Waals surface area contributed by atoms with E-state index in [1.54, 1.807) is 36.3 Å². The molecule has 1 unspecified atom stereocenters. The number of hydrogen-bond acceptors (Lipinski definition) is 4. The zero-order valence-electron chi connectivity index (χ0n) is 18.2. The molecule has 0 saturated carbocycles. The van der Waals surface area contributed by atoms with Crippen LogP contribution in [-0.2, 0) is 14.8 Å². The zero-order valence-corrected chi connectivity index (χ0v) is 19.0. The van der Waals surface area contributed by atoms with Gasteiger partial charge in [-0.1, -0.05) is 42.5 Å². The van der Waals surface area contributed by atoms with E-state index in [4.69, 9.17) is 0 Å². The van der Waals surface area contributed by atoms with E-state index < -0.39 is 16.1 Å². The molecule has 3 rings (SSSR count). The average Bonchev–Trinajstić information content (AvgIpc) is 2.77. The van der Waals surface area contributed by atoms with E-state index in [2.05, 4.69) is 4.98 Å². The predicted octanol–water partition coefficient (Wildman–Crippen LogP) is 3.57. The molecule has 2 aromatic carbocycles. The Kier molecular flexibility index (Phi) is 6.87. The van der Waals surface area contributed by atoms with Crippen LogP contribution in [0.1, 0.15) is 28.4 Å². The van der Waals surface area contributed by atoms with Gasteiger partial charge in [-0.2, -0.15) is 4.31 Å². The highest BCUT2D eigenvalue weighted by Crippen LogP contribution is 2.26. The molecule has 1 atom stereocenters. The van der Waals surface area contributed by atoms with Gasteiger partial charge in [-0.15, -0.1) is 0 Å². The second kappa shape index (κ2) is 9.41. The molecule has 0 radical (unpaired) electrons. The Morgan fingerprint density at radius 2 is 1.61 bits per heavy atom. The fraction of sp³-hybridized carbons (Fsp3) is 0.250. The number of aryl methyl sites for hydroxylation is 2. The van der Waals surface area contributed by atoms with Crippen molar-refractivity contribution in [3.05, 3.63) is 95.3 Å². The van der Waals surface area contributed by atoms with Crippen molar-refractivity contribution in [1.82, 2.24) is 14.2 Å². The molecule has 1 amide bonds. The fourth-order valence-corrected chi connectivity index (χ4v) is 4.56. The van der Waals surface area contributed by atoms with Gasteiger partial charge in [0.2, 0.25) is 15.9 Å². The lowest BCUT2D eigenvalue weighted by molar-refractivity contribution is -0.131. The number of amides is 1. The van der Waals surface area contributed by atoms with Crippen molar-refractivity contribution in [1.29, 1.82) is 0 Å². The number of likely N-dealkylation sites (N-methyl/N-ethyl adjacent to an activating group) is 2. The van der Waals surface area contributed by atoms with Crippen LogP contribution in [0.5, 0.6) is 0 Å². The molecule has 162 valence electrons. The minimum absolute atomic E-state index is 0.179. The Labute approximate surface area is 184 Å². The lowest BCUT2D eigenvalue weighted by Gasteiger charge is -2.30. The molecule has 1 aromatic heterocycles. The largest absolute Gasteiger partial charge is 0.332 e. The zero-order chi connectivity index (χ0) is 22.6. The van der Waals surface area contributed by atoms with E-state index in [9.17, 15) is 13.2 Å². The van der Waals surface area contributed by atoms with Crippen LogP contribution in [0.4, 0.5) is 0 Å². The maximum Gasteiger partial charge on any atom is 0.243 e. The SMILES string of the molecule is Cc1ccc(S(=O)(=O)N(C)CC(=O)N(C)C(c2ccccc2)c2ccccn2)cc1C. The summed E-state index contributed by atoms with van der Waals surface area (Å²) in [5.41, 5.74) is 3.51. The van der Waals surface area contributed by atoms with E-state index in [1.165, 1.54) is 7.05 Å². The minimum atomic E-state index is -3.79. The van der Waals surface area contributed by atoms with Crippen molar-refractivity contribution < 1.29 is 13.2 Å². The van der Waals surface area contributed by atoms with Gasteiger partial charge in [-0.05, 0) is 54.8 Å². The van der Waals surface area contributed by atoms with Gasteiger partial charge in [0, 0.05) is 20.3 Å². The van der Waals surface area contributed by atoms with Crippen LogP contribution in [0.2, 0.25) is 0 Å². The lowest BCUT2D eigenvalue weighted by Crippen LogP contribution is -2.41. The van der Waals surface area contributed by atoms with Gasteiger partial charge in [-0.3, -0.25) is 9.78 Å². The number of hydrogen-bond donors (Lipinski definition) is 0. The first-order valence-electron chi connectivity index (χ1n) is 9.97. The third kappa shape index (κ3) is 5.00. The van der Waals surface area contributed by atoms with Crippen molar-refractivity contribution in [2.24, 2.45) is 0 Å². The van der Waals surface area contributed by atoms with Crippen molar-refractivity contribution in [2.45, 2.75) is 24.8 Å². The quantitative estimate of drug-likeness (QED) is 0.567. The second-order valence-corrected chi connectivity index (χ2v) is 9.62. The smallest absolute Gasteiger partial charge is 0.243 e. The topological polar surface area (TPSA) is 70.6 Å². The third-order valence-electron chi connectivity index (χ3n) is 5.41. The molecule has 7 heteroatoms. The van der Waals surface area contributed by atoms with Crippen molar-refractivity contribution in [2.75, 3.05) is 20.6 Å². The predicted molar refractivity (Wildman–Crippen MR) is 121 cm³/mol. The molecule has 1 heterocycles. The molecule has 0 bridgehead atoms. The maximum atomic E-state index is 13.1. The number of nitrogens with zero attached hydrogens (tertiary/aromatic N) is 3. The third-order valence-corrected chi connectivity index (χ3v) is 7.21. The Morgan fingerprint density at radius 3 is 2.23 bits per heavy atom. The molecule has 3 aromatic rings. The molecule has 0 aliphatic heterocycles. The van der Waals surface area contributed by atoms with Crippen LogP contribution in [0.25, 0.3) is 0 Å². The van der Waals surface area contributed by atoms with Crippen molar-refractivity contribution >= 4 is 15.9 Å². The molecular formula is C24H27N3O3S. The first kappa shape index (κ1) is 22.7. The molecule has 0 fully saturated rings. The molecule has 0 saturated heterocycles. The molecule has 6 nitrogen and oxygen atoms in total. The number of carbonyl (C=O) groups excluding carboxylic acids is 1. The van der Waals surface area contributed by atoms with Crippen molar-refractivity contribution in [3.8, 4) is 0 Å². The minimum Gasteiger partial charge on any atom is -0.332 e. The van der Waals surface area contributed by atoms with Gasteiger partial charge >= 0.3 is 0 Å². The van der Waals surface area contributed by atoms with Gasteiger partial charge in [0.25, 0.3) is 0 Å². The second-order valence-electron chi connectivity index (χ2n) is 7.58. The summed E-state index contributed by atoms with van der Waals surface area (Å²) < 4.78 is 27.1. The van der Waals surface area contributed by atoms with Gasteiger partial charge in [-0.25, -0.2) is 8.42 Å². The Bertz CT molecular complexity index is 1110. The number of sulfonamides is 1. The van der Waals surface area contributed by atoms with E-state index in [0.717, 1.165) is 21.0 Å². The van der Waals surface area contributed by atoms with Crippen LogP contribution in [0.3, 0.4) is 0 Å². The number of carbonyl (C=O) groups is 1. The van der Waals surface area contributed by atoms with E-state index in [-0.39, 0.29) is 17.3 Å². The summed E-state index contributed by atoms with van der Waals surface area (Å²) in [6.45, 7) is 3.52. The summed E-state index contributed by atoms with van der Waals surface area (Å²) in [6, 6.07) is 19.7. The number of benzene rings is 2. The van der Waals surface area contributed by atoms with Crippen LogP contribution in [0, 0.1) is 13.8 Å². The van der Waals surface area contributed by atoms with Crippen LogP contribution in [-0.4, -0.2) is 49.2 Å². The van der Waals surface area contributed by atoms with Crippen molar-refractivity contribution in [3.63, 3.8) is 0 Å². The summed E-state index contributed by atoms with van der Waals surface area (Å²) >= 11 is 0. The summed E-state index contributed by atoms with van der Waals surface area (Å²) in [4.78, 5) is 19.3. The van der Waals surface area contributed by atoms with Crippen LogP contribution in [0.15, 0.2) is 77.8 Å². The molecule has 0 aliphatic rings. The highest BCUT2D eigenvalue weighted by molar-refractivity contribution is 7.89. The summed E-state index contributed by atoms with van der Waals surface area (Å²) in [5, 5.41) is 0. The van der Waals surface area contributed by atoms with E-state index >= 15 is 0 Å². The Morgan fingerprint density at radius 1 is 0.935 bits per heavy atom. The van der Waals surface area contributed by atoms with Gasteiger partial charge in [0.1, 0.15) is 0 Å². The summed E-state index contributed by atoms with van der Waals surface area (Å²) in [5.74, 6) is -0.325. The highest BCUT2D eigenvalue weighted by atomic mass is 32.2.